The van der Waals surface area contributed by atoms with Crippen LogP contribution in [0.4, 0.5) is 0 Å². The molecule has 2 N–H and O–H groups in total. The Morgan fingerprint density at radius 3 is 1.97 bits per heavy atom. The van der Waals surface area contributed by atoms with E-state index in [9.17, 15) is 14.4 Å². The van der Waals surface area contributed by atoms with Crippen LogP contribution in [0.5, 0.6) is 5.75 Å². The molecule has 1 rings (SSSR count). The molecule has 0 aliphatic rings. The highest BCUT2D eigenvalue weighted by Gasteiger charge is 2.35. The van der Waals surface area contributed by atoms with Gasteiger partial charge in [-0.1, -0.05) is 71.4 Å². The SMILES string of the molecule is CCCCCCCCCC(=O)N(C)[C@H](Cc1ccc(OC)cc1)C(=O)N(C)[C@H](C(N)=O)C(C)C. The summed E-state index contributed by atoms with van der Waals surface area (Å²) in [6, 6.07) is 5.99. The van der Waals surface area contributed by atoms with Crippen LogP contribution in [0.2, 0.25) is 0 Å². The standard InChI is InChI=1S/C27H45N3O4/c1-7-8-9-10-11-12-13-14-24(31)29(4)23(19-21-15-17-22(34-6)18-16-21)27(33)30(5)25(20(2)3)26(28)32/h15-18,20,23,25H,7-14,19H2,1-6H3,(H2,28,32)/t23-,25+/m1/s1. The predicted octanol–water partition coefficient (Wildman–Crippen LogP) is 4.17. The van der Waals surface area contributed by atoms with Gasteiger partial charge < -0.3 is 20.3 Å². The number of unbranched alkanes of at least 4 members (excludes halogenated alkanes) is 6. The second kappa shape index (κ2) is 15.4. The van der Waals surface area contributed by atoms with E-state index in [0.29, 0.717) is 12.8 Å². The fourth-order valence-electron chi connectivity index (χ4n) is 4.30. The maximum Gasteiger partial charge on any atom is 0.246 e. The van der Waals surface area contributed by atoms with E-state index in [1.165, 1.54) is 30.6 Å². The highest BCUT2D eigenvalue weighted by atomic mass is 16.5. The van der Waals surface area contributed by atoms with E-state index >= 15 is 0 Å². The zero-order chi connectivity index (χ0) is 25.7. The molecule has 1 aromatic carbocycles. The van der Waals surface area contributed by atoms with Gasteiger partial charge in [-0.2, -0.15) is 0 Å². The molecular weight excluding hydrogens is 430 g/mol. The van der Waals surface area contributed by atoms with E-state index in [0.717, 1.165) is 30.6 Å². The van der Waals surface area contributed by atoms with E-state index < -0.39 is 18.0 Å². The highest BCUT2D eigenvalue weighted by molar-refractivity contribution is 5.91. The van der Waals surface area contributed by atoms with E-state index in [-0.39, 0.29) is 17.7 Å². The fraction of sp³-hybridized carbons (Fsp3) is 0.667. The molecule has 0 unspecified atom stereocenters. The summed E-state index contributed by atoms with van der Waals surface area (Å²) in [7, 11) is 4.87. The molecule has 7 nitrogen and oxygen atoms in total. The topological polar surface area (TPSA) is 92.9 Å². The van der Waals surface area contributed by atoms with Gasteiger partial charge in [0, 0.05) is 26.9 Å². The Labute approximate surface area is 206 Å². The Morgan fingerprint density at radius 2 is 1.47 bits per heavy atom. The smallest absolute Gasteiger partial charge is 0.246 e. The number of nitrogens with zero attached hydrogens (tertiary/aromatic N) is 2. The lowest BCUT2D eigenvalue weighted by molar-refractivity contribution is -0.148. The third-order valence-electron chi connectivity index (χ3n) is 6.42. The minimum atomic E-state index is -0.738. The molecule has 1 aromatic rings. The maximum absolute atomic E-state index is 13.5. The van der Waals surface area contributed by atoms with Crippen LogP contribution in [-0.4, -0.2) is 60.8 Å². The molecule has 34 heavy (non-hydrogen) atoms. The molecular formula is C27H45N3O4. The van der Waals surface area contributed by atoms with Crippen molar-refractivity contribution in [1.29, 1.82) is 0 Å². The number of carbonyl (C=O) groups excluding carboxylic acids is 3. The molecule has 0 saturated carbocycles. The Balaban J connectivity index is 2.95. The Bertz CT molecular complexity index is 764. The molecule has 0 aliphatic carbocycles. The number of hydrogen-bond acceptors (Lipinski definition) is 4. The summed E-state index contributed by atoms with van der Waals surface area (Å²) in [5.74, 6) is -0.314. The number of primary amides is 1. The average Bonchev–Trinajstić information content (AvgIpc) is 2.80. The zero-order valence-corrected chi connectivity index (χ0v) is 22.0. The lowest BCUT2D eigenvalue weighted by Crippen LogP contribution is -2.56. The minimum Gasteiger partial charge on any atom is -0.497 e. The maximum atomic E-state index is 13.5. The van der Waals surface area contributed by atoms with Crippen LogP contribution in [0.15, 0.2) is 24.3 Å². The van der Waals surface area contributed by atoms with Crippen molar-refractivity contribution in [2.45, 2.75) is 90.6 Å². The van der Waals surface area contributed by atoms with Crippen molar-refractivity contribution in [1.82, 2.24) is 9.80 Å². The number of benzene rings is 1. The number of hydrogen-bond donors (Lipinski definition) is 1. The molecule has 0 radical (unpaired) electrons. The summed E-state index contributed by atoms with van der Waals surface area (Å²) in [6.45, 7) is 5.91. The summed E-state index contributed by atoms with van der Waals surface area (Å²) in [4.78, 5) is 41.5. The third-order valence-corrected chi connectivity index (χ3v) is 6.42. The van der Waals surface area contributed by atoms with Crippen LogP contribution in [0.1, 0.15) is 77.7 Å². The van der Waals surface area contributed by atoms with E-state index in [1.807, 2.05) is 38.1 Å². The normalized spacial score (nSPS) is 12.8. The van der Waals surface area contributed by atoms with Crippen LogP contribution in [-0.2, 0) is 20.8 Å². The molecule has 0 aliphatic heterocycles. The van der Waals surface area contributed by atoms with Gasteiger partial charge in [-0.25, -0.2) is 0 Å². The van der Waals surface area contributed by atoms with E-state index in [1.54, 1.807) is 26.1 Å². The largest absolute Gasteiger partial charge is 0.497 e. The Hall–Kier alpha value is -2.57. The van der Waals surface area contributed by atoms with Crippen LogP contribution >= 0.6 is 0 Å². The molecule has 7 heteroatoms. The number of likely N-dealkylation sites (N-methyl/N-ethyl adjacent to an activating group) is 2. The number of methoxy groups -OCH3 is 1. The van der Waals surface area contributed by atoms with Crippen molar-refractivity contribution in [3.05, 3.63) is 29.8 Å². The van der Waals surface area contributed by atoms with Crippen LogP contribution < -0.4 is 10.5 Å². The van der Waals surface area contributed by atoms with Crippen LogP contribution in [0, 0.1) is 5.92 Å². The van der Waals surface area contributed by atoms with Gasteiger partial charge in [0.2, 0.25) is 17.7 Å². The third kappa shape index (κ3) is 9.35. The summed E-state index contributed by atoms with van der Waals surface area (Å²) < 4.78 is 5.22. The highest BCUT2D eigenvalue weighted by Crippen LogP contribution is 2.19. The lowest BCUT2D eigenvalue weighted by Gasteiger charge is -2.35. The van der Waals surface area contributed by atoms with Crippen LogP contribution in [0.25, 0.3) is 0 Å². The predicted molar refractivity (Wildman–Crippen MR) is 136 cm³/mol. The van der Waals surface area contributed by atoms with Gasteiger partial charge in [0.1, 0.15) is 17.8 Å². The molecule has 2 atom stereocenters. The van der Waals surface area contributed by atoms with Gasteiger partial charge in [-0.05, 0) is 30.0 Å². The molecule has 0 fully saturated rings. The summed E-state index contributed by atoms with van der Waals surface area (Å²) in [5, 5.41) is 0. The van der Waals surface area contributed by atoms with Crippen molar-refractivity contribution < 1.29 is 19.1 Å². The number of amides is 3. The molecule has 0 heterocycles. The zero-order valence-electron chi connectivity index (χ0n) is 22.0. The summed E-state index contributed by atoms with van der Waals surface area (Å²) in [5.41, 5.74) is 6.50. The van der Waals surface area contributed by atoms with Gasteiger partial charge in [-0.3, -0.25) is 14.4 Å². The van der Waals surface area contributed by atoms with Crippen molar-refractivity contribution in [2.24, 2.45) is 11.7 Å². The van der Waals surface area contributed by atoms with Crippen molar-refractivity contribution in [3.63, 3.8) is 0 Å². The van der Waals surface area contributed by atoms with Gasteiger partial charge >= 0.3 is 0 Å². The quantitative estimate of drug-likeness (QED) is 0.363. The van der Waals surface area contributed by atoms with Gasteiger partial charge in [0.15, 0.2) is 0 Å². The van der Waals surface area contributed by atoms with Crippen molar-refractivity contribution in [2.75, 3.05) is 21.2 Å². The first kappa shape index (κ1) is 29.5. The summed E-state index contributed by atoms with van der Waals surface area (Å²) >= 11 is 0. The molecule has 0 bridgehead atoms. The minimum absolute atomic E-state index is 0.0611. The molecule has 0 saturated heterocycles. The first-order valence-electron chi connectivity index (χ1n) is 12.6. The number of nitrogens with two attached hydrogens (primary N) is 1. The Kier molecular flexibility index (Phi) is 13.3. The fourth-order valence-corrected chi connectivity index (χ4v) is 4.30. The monoisotopic (exact) mass is 475 g/mol. The van der Waals surface area contributed by atoms with Gasteiger partial charge in [-0.15, -0.1) is 0 Å². The summed E-state index contributed by atoms with van der Waals surface area (Å²) in [6.07, 6.45) is 8.61. The number of rotatable bonds is 16. The first-order valence-corrected chi connectivity index (χ1v) is 12.6. The molecule has 0 aromatic heterocycles. The van der Waals surface area contributed by atoms with Gasteiger partial charge in [0.05, 0.1) is 7.11 Å². The second-order valence-electron chi connectivity index (χ2n) is 9.48. The van der Waals surface area contributed by atoms with Crippen molar-refractivity contribution in [3.8, 4) is 5.75 Å². The number of ether oxygens (including phenoxy) is 1. The number of carbonyl (C=O) groups is 3. The van der Waals surface area contributed by atoms with E-state index in [2.05, 4.69) is 6.92 Å². The molecule has 0 spiro atoms. The lowest BCUT2D eigenvalue weighted by atomic mass is 9.98. The van der Waals surface area contributed by atoms with Gasteiger partial charge in [0.25, 0.3) is 0 Å². The average molecular weight is 476 g/mol. The first-order chi connectivity index (χ1) is 16.1. The second-order valence-corrected chi connectivity index (χ2v) is 9.48. The van der Waals surface area contributed by atoms with Crippen molar-refractivity contribution >= 4 is 17.7 Å². The molecule has 192 valence electrons. The Morgan fingerprint density at radius 1 is 0.912 bits per heavy atom. The van der Waals surface area contributed by atoms with Crippen LogP contribution in [0.3, 0.4) is 0 Å². The van der Waals surface area contributed by atoms with E-state index in [4.69, 9.17) is 10.5 Å². The molecule has 3 amide bonds.